The Balaban J connectivity index is 1.51. The Labute approximate surface area is 187 Å². The number of carbonyl (C=O) groups excluding carboxylic acids is 1. The zero-order chi connectivity index (χ0) is 23.5. The number of nitrogens with two attached hydrogens (primary N) is 1. The molecule has 1 aromatic heterocycles. The topological polar surface area (TPSA) is 102 Å². The standard InChI is InChI=1S/C23H21F3N4O3/c24-14-1-3-16(4-2-14)33-21-11-18(25)17(10-19(21)26)23(32)30-8-7-13(9-15(30)12-31)20-5-6-22(27)29-28-20/h1-6,10-11,13,15,31H,7-9,12H2,(H2,27,29)/t13?,15-/m0/s1. The third-order valence-electron chi connectivity index (χ3n) is 5.60. The summed E-state index contributed by atoms with van der Waals surface area (Å²) in [5.74, 6) is -3.25. The average molecular weight is 458 g/mol. The first-order valence-corrected chi connectivity index (χ1v) is 10.3. The maximum absolute atomic E-state index is 14.8. The lowest BCUT2D eigenvalue weighted by Crippen LogP contribution is -2.47. The number of piperidine rings is 1. The molecule has 1 fully saturated rings. The Bertz CT molecular complexity index is 1140. The van der Waals surface area contributed by atoms with Crippen LogP contribution in [0.2, 0.25) is 0 Å². The molecule has 0 bridgehead atoms. The van der Waals surface area contributed by atoms with Gasteiger partial charge in [-0.3, -0.25) is 4.79 Å². The van der Waals surface area contributed by atoms with E-state index in [1.165, 1.54) is 17.0 Å². The first-order valence-electron chi connectivity index (χ1n) is 10.3. The summed E-state index contributed by atoms with van der Waals surface area (Å²) in [6, 6.07) is 9.09. The summed E-state index contributed by atoms with van der Waals surface area (Å²) in [5.41, 5.74) is 5.79. The molecule has 4 rings (SSSR count). The van der Waals surface area contributed by atoms with Gasteiger partial charge in [0.05, 0.1) is 23.9 Å². The van der Waals surface area contributed by atoms with Crippen molar-refractivity contribution in [3.8, 4) is 11.5 Å². The molecule has 2 heterocycles. The second-order valence-electron chi connectivity index (χ2n) is 7.76. The number of benzene rings is 2. The molecule has 0 spiro atoms. The normalized spacial score (nSPS) is 18.2. The molecule has 33 heavy (non-hydrogen) atoms. The molecule has 3 N–H and O–H groups in total. The van der Waals surface area contributed by atoms with Gasteiger partial charge in [0.15, 0.2) is 11.6 Å². The Morgan fingerprint density at radius 3 is 2.52 bits per heavy atom. The van der Waals surface area contributed by atoms with Gasteiger partial charge < -0.3 is 20.5 Å². The largest absolute Gasteiger partial charge is 0.454 e. The van der Waals surface area contributed by atoms with Gasteiger partial charge in [0.25, 0.3) is 5.91 Å². The lowest BCUT2D eigenvalue weighted by molar-refractivity contribution is 0.0465. The number of nitrogen functional groups attached to an aromatic ring is 1. The molecule has 1 aliphatic rings. The van der Waals surface area contributed by atoms with Crippen molar-refractivity contribution in [2.75, 3.05) is 18.9 Å². The first-order chi connectivity index (χ1) is 15.9. The van der Waals surface area contributed by atoms with Crippen LogP contribution in [0.3, 0.4) is 0 Å². The maximum atomic E-state index is 14.8. The highest BCUT2D eigenvalue weighted by molar-refractivity contribution is 5.95. The van der Waals surface area contributed by atoms with Crippen molar-refractivity contribution in [2.24, 2.45) is 0 Å². The van der Waals surface area contributed by atoms with Crippen LogP contribution in [-0.4, -0.2) is 45.3 Å². The van der Waals surface area contributed by atoms with E-state index in [0.29, 0.717) is 18.5 Å². The van der Waals surface area contributed by atoms with Gasteiger partial charge in [0.1, 0.15) is 23.2 Å². The van der Waals surface area contributed by atoms with Crippen molar-refractivity contribution in [2.45, 2.75) is 24.8 Å². The molecule has 2 atom stereocenters. The fourth-order valence-electron chi connectivity index (χ4n) is 3.89. The summed E-state index contributed by atoms with van der Waals surface area (Å²) in [5, 5.41) is 17.8. The third-order valence-corrected chi connectivity index (χ3v) is 5.60. The van der Waals surface area contributed by atoms with Gasteiger partial charge in [-0.15, -0.1) is 5.10 Å². The predicted molar refractivity (Wildman–Crippen MR) is 113 cm³/mol. The Hall–Kier alpha value is -3.66. The minimum atomic E-state index is -0.971. The van der Waals surface area contributed by atoms with Crippen LogP contribution in [-0.2, 0) is 0 Å². The highest BCUT2D eigenvalue weighted by atomic mass is 19.1. The van der Waals surface area contributed by atoms with Gasteiger partial charge in [-0.2, -0.15) is 5.10 Å². The SMILES string of the molecule is Nc1ccc(C2CCN(C(=O)c3cc(F)c(Oc4ccc(F)cc4)cc3F)[C@H](CO)C2)nn1. The molecule has 1 amide bonds. The second kappa shape index (κ2) is 9.45. The van der Waals surface area contributed by atoms with Crippen LogP contribution in [0.5, 0.6) is 11.5 Å². The summed E-state index contributed by atoms with van der Waals surface area (Å²) in [6.45, 7) is -0.129. The third kappa shape index (κ3) is 4.90. The van der Waals surface area contributed by atoms with Crippen LogP contribution in [0.4, 0.5) is 19.0 Å². The van der Waals surface area contributed by atoms with Crippen molar-refractivity contribution in [3.05, 3.63) is 77.2 Å². The lowest BCUT2D eigenvalue weighted by Gasteiger charge is -2.38. The molecule has 2 aromatic carbocycles. The van der Waals surface area contributed by atoms with Gasteiger partial charge in [-0.05, 0) is 55.3 Å². The highest BCUT2D eigenvalue weighted by Gasteiger charge is 2.34. The summed E-state index contributed by atoms with van der Waals surface area (Å²) in [7, 11) is 0. The molecule has 172 valence electrons. The average Bonchev–Trinajstić information content (AvgIpc) is 2.82. The smallest absolute Gasteiger partial charge is 0.257 e. The number of anilines is 1. The van der Waals surface area contributed by atoms with Crippen LogP contribution in [0.25, 0.3) is 0 Å². The summed E-state index contributed by atoms with van der Waals surface area (Å²) >= 11 is 0. The second-order valence-corrected chi connectivity index (χ2v) is 7.76. The predicted octanol–water partition coefficient (Wildman–Crippen LogP) is 3.65. The van der Waals surface area contributed by atoms with Crippen molar-refractivity contribution >= 4 is 11.7 Å². The van der Waals surface area contributed by atoms with Crippen LogP contribution < -0.4 is 10.5 Å². The minimum Gasteiger partial charge on any atom is -0.454 e. The zero-order valence-corrected chi connectivity index (χ0v) is 17.4. The molecule has 3 aromatic rings. The minimum absolute atomic E-state index is 0.0626. The van der Waals surface area contributed by atoms with Crippen LogP contribution in [0, 0.1) is 17.5 Å². The molecule has 1 unspecified atom stereocenters. The summed E-state index contributed by atoms with van der Waals surface area (Å²) < 4.78 is 47.7. The molecule has 1 saturated heterocycles. The van der Waals surface area contributed by atoms with Crippen molar-refractivity contribution in [3.63, 3.8) is 0 Å². The fourth-order valence-corrected chi connectivity index (χ4v) is 3.89. The van der Waals surface area contributed by atoms with E-state index in [0.717, 1.165) is 24.3 Å². The number of aliphatic hydroxyl groups is 1. The number of aromatic nitrogens is 2. The molecule has 0 saturated carbocycles. The van der Waals surface area contributed by atoms with Crippen LogP contribution in [0.15, 0.2) is 48.5 Å². The zero-order valence-electron chi connectivity index (χ0n) is 17.4. The summed E-state index contributed by atoms with van der Waals surface area (Å²) in [4.78, 5) is 14.4. The van der Waals surface area contributed by atoms with Crippen LogP contribution >= 0.6 is 0 Å². The van der Waals surface area contributed by atoms with Gasteiger partial charge >= 0.3 is 0 Å². The molecule has 7 nitrogen and oxygen atoms in total. The number of carbonyl (C=O) groups is 1. The van der Waals surface area contributed by atoms with E-state index in [9.17, 15) is 23.1 Å². The van der Waals surface area contributed by atoms with Crippen molar-refractivity contribution < 1.29 is 27.8 Å². The molecule has 10 heteroatoms. The number of rotatable bonds is 5. The van der Waals surface area contributed by atoms with Crippen molar-refractivity contribution in [1.82, 2.24) is 15.1 Å². The van der Waals surface area contributed by atoms with E-state index < -0.39 is 40.7 Å². The Morgan fingerprint density at radius 2 is 1.85 bits per heavy atom. The van der Waals surface area contributed by atoms with E-state index in [1.54, 1.807) is 12.1 Å². The number of hydrogen-bond acceptors (Lipinski definition) is 6. The number of hydrogen-bond donors (Lipinski definition) is 2. The summed E-state index contributed by atoms with van der Waals surface area (Å²) in [6.07, 6.45) is 0.896. The number of amides is 1. The van der Waals surface area contributed by atoms with Gasteiger partial charge in [0.2, 0.25) is 0 Å². The van der Waals surface area contributed by atoms with Crippen LogP contribution in [0.1, 0.15) is 34.8 Å². The van der Waals surface area contributed by atoms with Gasteiger partial charge in [0, 0.05) is 18.5 Å². The lowest BCUT2D eigenvalue weighted by atomic mass is 9.88. The molecule has 1 aliphatic heterocycles. The molecule has 0 radical (unpaired) electrons. The molecular formula is C23H21F3N4O3. The quantitative estimate of drug-likeness (QED) is 0.605. The van der Waals surface area contributed by atoms with E-state index in [4.69, 9.17) is 10.5 Å². The van der Waals surface area contributed by atoms with Gasteiger partial charge in [-0.25, -0.2) is 13.2 Å². The number of likely N-dealkylation sites (tertiary alicyclic amines) is 1. The van der Waals surface area contributed by atoms with E-state index in [1.807, 2.05) is 0 Å². The monoisotopic (exact) mass is 458 g/mol. The van der Waals surface area contributed by atoms with Crippen molar-refractivity contribution in [1.29, 1.82) is 0 Å². The number of aliphatic hydroxyl groups excluding tert-OH is 1. The maximum Gasteiger partial charge on any atom is 0.257 e. The molecule has 0 aliphatic carbocycles. The number of halogens is 3. The van der Waals surface area contributed by atoms with E-state index >= 15 is 0 Å². The first kappa shape index (κ1) is 22.5. The van der Waals surface area contributed by atoms with E-state index in [-0.39, 0.29) is 30.6 Å². The Morgan fingerprint density at radius 1 is 1.09 bits per heavy atom. The van der Waals surface area contributed by atoms with E-state index in [2.05, 4.69) is 10.2 Å². The van der Waals surface area contributed by atoms with Gasteiger partial charge in [-0.1, -0.05) is 0 Å². The highest BCUT2D eigenvalue weighted by Crippen LogP contribution is 2.33. The molecular weight excluding hydrogens is 437 g/mol. The fraction of sp³-hybridized carbons (Fsp3) is 0.261. The number of ether oxygens (including phenoxy) is 1. The number of nitrogens with zero attached hydrogens (tertiary/aromatic N) is 3. The Kier molecular flexibility index (Phi) is 6.45.